The van der Waals surface area contributed by atoms with Crippen molar-refractivity contribution in [1.82, 2.24) is 4.72 Å². The van der Waals surface area contributed by atoms with E-state index in [9.17, 15) is 13.2 Å². The van der Waals surface area contributed by atoms with Crippen molar-refractivity contribution in [2.75, 3.05) is 11.4 Å². The molecule has 3 rings (SSSR count). The van der Waals surface area contributed by atoms with Gasteiger partial charge in [0.1, 0.15) is 10.3 Å². The molecule has 1 N–H and O–H groups in total. The number of nitrogens with one attached hydrogen (secondary N) is 1. The Labute approximate surface area is 143 Å². The number of amides is 1. The molecular weight excluding hydrogens is 356 g/mol. The molecule has 0 radical (unpaired) electrons. The first kappa shape index (κ1) is 16.4. The molecule has 122 valence electrons. The zero-order chi connectivity index (χ0) is 16.4. The Morgan fingerprint density at radius 1 is 1.17 bits per heavy atom. The van der Waals surface area contributed by atoms with Crippen molar-refractivity contribution in [3.05, 3.63) is 46.8 Å². The molecule has 1 aliphatic heterocycles. The summed E-state index contributed by atoms with van der Waals surface area (Å²) >= 11 is 6.76. The van der Waals surface area contributed by atoms with Crippen molar-refractivity contribution in [2.24, 2.45) is 0 Å². The number of hydrogen-bond acceptors (Lipinski definition) is 4. The Morgan fingerprint density at radius 2 is 1.91 bits per heavy atom. The van der Waals surface area contributed by atoms with E-state index >= 15 is 0 Å². The van der Waals surface area contributed by atoms with Gasteiger partial charge >= 0.3 is 0 Å². The number of halogens is 1. The van der Waals surface area contributed by atoms with Gasteiger partial charge in [-0.25, -0.2) is 8.42 Å². The lowest BCUT2D eigenvalue weighted by Gasteiger charge is -2.32. The highest BCUT2D eigenvalue weighted by molar-refractivity contribution is 7.91. The second-order valence-corrected chi connectivity index (χ2v) is 8.86. The SMILES string of the molecule is O=C1C(NS(=O)(=O)c2ccc(Cl)s2)CCCN1c1ccccc1. The van der Waals surface area contributed by atoms with E-state index in [4.69, 9.17) is 11.6 Å². The van der Waals surface area contributed by atoms with E-state index in [1.165, 1.54) is 12.1 Å². The topological polar surface area (TPSA) is 66.5 Å². The third kappa shape index (κ3) is 3.58. The number of sulfonamides is 1. The number of carbonyl (C=O) groups excluding carboxylic acids is 1. The first-order chi connectivity index (χ1) is 11.0. The first-order valence-electron chi connectivity index (χ1n) is 7.11. The summed E-state index contributed by atoms with van der Waals surface area (Å²) in [6.07, 6.45) is 1.22. The minimum atomic E-state index is -3.74. The number of thiophene rings is 1. The predicted molar refractivity (Wildman–Crippen MR) is 91.5 cm³/mol. The molecule has 1 saturated heterocycles. The maximum Gasteiger partial charge on any atom is 0.250 e. The molecule has 5 nitrogen and oxygen atoms in total. The standard InChI is InChI=1S/C15H15ClN2O3S2/c16-13-8-9-14(22-13)23(20,21)17-12-7-4-10-18(15(12)19)11-5-2-1-3-6-11/h1-3,5-6,8-9,12,17H,4,7,10H2. The summed E-state index contributed by atoms with van der Waals surface area (Å²) in [5.41, 5.74) is 0.778. The third-order valence-electron chi connectivity index (χ3n) is 3.62. The van der Waals surface area contributed by atoms with Gasteiger partial charge in [0.05, 0.1) is 4.34 Å². The lowest BCUT2D eigenvalue weighted by atomic mass is 10.0. The zero-order valence-corrected chi connectivity index (χ0v) is 14.5. The number of piperidine rings is 1. The highest BCUT2D eigenvalue weighted by Crippen LogP contribution is 2.27. The summed E-state index contributed by atoms with van der Waals surface area (Å²) in [6, 6.07) is 11.5. The van der Waals surface area contributed by atoms with Crippen LogP contribution in [-0.2, 0) is 14.8 Å². The molecular formula is C15H15ClN2O3S2. The Hall–Kier alpha value is -1.41. The van der Waals surface area contributed by atoms with Gasteiger partial charge in [0, 0.05) is 12.2 Å². The number of anilines is 1. The summed E-state index contributed by atoms with van der Waals surface area (Å²) in [4.78, 5) is 14.2. The van der Waals surface area contributed by atoms with Crippen molar-refractivity contribution >= 4 is 44.6 Å². The van der Waals surface area contributed by atoms with Gasteiger partial charge in [-0.3, -0.25) is 4.79 Å². The first-order valence-corrected chi connectivity index (χ1v) is 9.79. The van der Waals surface area contributed by atoms with Crippen LogP contribution < -0.4 is 9.62 Å². The molecule has 2 aromatic rings. The van der Waals surface area contributed by atoms with Crippen LogP contribution in [0.2, 0.25) is 4.34 Å². The van der Waals surface area contributed by atoms with Crippen LogP contribution in [0.1, 0.15) is 12.8 Å². The summed E-state index contributed by atoms with van der Waals surface area (Å²) in [6.45, 7) is 0.589. The van der Waals surface area contributed by atoms with Gasteiger partial charge in [0.25, 0.3) is 10.0 Å². The van der Waals surface area contributed by atoms with E-state index < -0.39 is 16.1 Å². The average Bonchev–Trinajstić information content (AvgIpc) is 2.98. The number of hydrogen-bond donors (Lipinski definition) is 1. The largest absolute Gasteiger partial charge is 0.311 e. The van der Waals surface area contributed by atoms with Gasteiger partial charge in [0.15, 0.2) is 0 Å². The maximum atomic E-state index is 12.6. The Bertz CT molecular complexity index is 805. The van der Waals surface area contributed by atoms with Crippen LogP contribution >= 0.6 is 22.9 Å². The van der Waals surface area contributed by atoms with Gasteiger partial charge in [-0.1, -0.05) is 29.8 Å². The van der Waals surface area contributed by atoms with Gasteiger partial charge in [-0.05, 0) is 37.1 Å². The molecule has 0 spiro atoms. The molecule has 2 heterocycles. The van der Waals surface area contributed by atoms with Crippen LogP contribution in [0.5, 0.6) is 0 Å². The summed E-state index contributed by atoms with van der Waals surface area (Å²) in [7, 11) is -3.74. The van der Waals surface area contributed by atoms with Crippen LogP contribution in [0.3, 0.4) is 0 Å². The smallest absolute Gasteiger partial charge is 0.250 e. The second kappa shape index (κ2) is 6.60. The van der Waals surface area contributed by atoms with E-state index in [2.05, 4.69) is 4.72 Å². The fourth-order valence-electron chi connectivity index (χ4n) is 2.54. The third-order valence-corrected chi connectivity index (χ3v) is 6.81. The maximum absolute atomic E-state index is 12.6. The molecule has 0 aliphatic carbocycles. The zero-order valence-electron chi connectivity index (χ0n) is 12.1. The number of benzene rings is 1. The molecule has 1 fully saturated rings. The van der Waals surface area contributed by atoms with E-state index in [1.807, 2.05) is 30.3 Å². The molecule has 1 aliphatic rings. The monoisotopic (exact) mass is 370 g/mol. The molecule has 1 atom stereocenters. The highest BCUT2D eigenvalue weighted by atomic mass is 35.5. The van der Waals surface area contributed by atoms with E-state index in [0.717, 1.165) is 23.4 Å². The Morgan fingerprint density at radius 3 is 2.57 bits per heavy atom. The van der Waals surface area contributed by atoms with E-state index in [1.54, 1.807) is 4.90 Å². The molecule has 1 unspecified atom stereocenters. The van der Waals surface area contributed by atoms with Crippen LogP contribution in [0, 0.1) is 0 Å². The normalized spacial score (nSPS) is 19.1. The van der Waals surface area contributed by atoms with Crippen LogP contribution in [0.25, 0.3) is 0 Å². The van der Waals surface area contributed by atoms with Gasteiger partial charge in [-0.2, -0.15) is 4.72 Å². The van der Waals surface area contributed by atoms with Crippen molar-refractivity contribution in [2.45, 2.75) is 23.1 Å². The molecule has 0 bridgehead atoms. The second-order valence-electron chi connectivity index (χ2n) is 5.20. The van der Waals surface area contributed by atoms with Gasteiger partial charge in [-0.15, -0.1) is 11.3 Å². The average molecular weight is 371 g/mol. The van der Waals surface area contributed by atoms with Crippen LogP contribution in [0.15, 0.2) is 46.7 Å². The van der Waals surface area contributed by atoms with Crippen molar-refractivity contribution in [3.63, 3.8) is 0 Å². The van der Waals surface area contributed by atoms with Crippen molar-refractivity contribution in [3.8, 4) is 0 Å². The van der Waals surface area contributed by atoms with Gasteiger partial charge in [0.2, 0.25) is 5.91 Å². The fraction of sp³-hybridized carbons (Fsp3) is 0.267. The van der Waals surface area contributed by atoms with Crippen LogP contribution in [0.4, 0.5) is 5.69 Å². The molecule has 1 aromatic carbocycles. The summed E-state index contributed by atoms with van der Waals surface area (Å²) in [5.74, 6) is -0.228. The number of para-hydroxylation sites is 1. The van der Waals surface area contributed by atoms with E-state index in [-0.39, 0.29) is 10.1 Å². The molecule has 23 heavy (non-hydrogen) atoms. The van der Waals surface area contributed by atoms with E-state index in [0.29, 0.717) is 17.3 Å². The number of carbonyl (C=O) groups is 1. The molecule has 1 amide bonds. The minimum Gasteiger partial charge on any atom is -0.311 e. The fourth-order valence-corrected chi connectivity index (χ4v) is 5.26. The van der Waals surface area contributed by atoms with Crippen molar-refractivity contribution in [1.29, 1.82) is 0 Å². The molecule has 8 heteroatoms. The minimum absolute atomic E-state index is 0.118. The van der Waals surface area contributed by atoms with Crippen LogP contribution in [-0.4, -0.2) is 26.9 Å². The van der Waals surface area contributed by atoms with Gasteiger partial charge < -0.3 is 4.90 Å². The lowest BCUT2D eigenvalue weighted by Crippen LogP contribution is -2.52. The summed E-state index contributed by atoms with van der Waals surface area (Å²) < 4.78 is 27.8. The quantitative estimate of drug-likeness (QED) is 0.899. The molecule has 1 aromatic heterocycles. The Balaban J connectivity index is 1.79. The highest BCUT2D eigenvalue weighted by Gasteiger charge is 2.33. The summed E-state index contributed by atoms with van der Waals surface area (Å²) in [5, 5.41) is 0. The lowest BCUT2D eigenvalue weighted by molar-refractivity contribution is -0.121. The number of nitrogens with zero attached hydrogens (tertiary/aromatic N) is 1. The molecule has 0 saturated carbocycles. The Kier molecular flexibility index (Phi) is 4.72. The number of rotatable bonds is 4. The van der Waals surface area contributed by atoms with Crippen molar-refractivity contribution < 1.29 is 13.2 Å². The predicted octanol–water partition coefficient (Wildman–Crippen LogP) is 2.88.